The molecule has 0 spiro atoms. The summed E-state index contributed by atoms with van der Waals surface area (Å²) in [5.74, 6) is 0. The van der Waals surface area contributed by atoms with Crippen molar-refractivity contribution in [2.24, 2.45) is 0 Å². The third-order valence-corrected chi connectivity index (χ3v) is 1.56. The van der Waals surface area contributed by atoms with Gasteiger partial charge >= 0.3 is 0 Å². The third kappa shape index (κ3) is 2.77. The zero-order valence-electron chi connectivity index (χ0n) is 7.50. The molecule has 1 rings (SSSR count). The monoisotopic (exact) mass is 159 g/mol. The van der Waals surface area contributed by atoms with Gasteiger partial charge in [-0.3, -0.25) is 4.84 Å². The van der Waals surface area contributed by atoms with Crippen LogP contribution in [0.2, 0.25) is 0 Å². The predicted molar refractivity (Wildman–Crippen MR) is 42.8 cm³/mol. The first-order valence-corrected chi connectivity index (χ1v) is 4.13. The highest BCUT2D eigenvalue weighted by molar-refractivity contribution is 4.66. The van der Waals surface area contributed by atoms with E-state index in [1.807, 2.05) is 20.8 Å². The number of hydrogen-bond acceptors (Lipinski definition) is 3. The Hall–Kier alpha value is -0.120. The van der Waals surface area contributed by atoms with Crippen LogP contribution < -0.4 is 0 Å². The summed E-state index contributed by atoms with van der Waals surface area (Å²) in [5.41, 5.74) is -0.189. The van der Waals surface area contributed by atoms with Crippen molar-refractivity contribution in [3.8, 4) is 0 Å². The van der Waals surface area contributed by atoms with Gasteiger partial charge < -0.3 is 5.11 Å². The average molecular weight is 159 g/mol. The quantitative estimate of drug-likeness (QED) is 0.622. The Morgan fingerprint density at radius 1 is 1.45 bits per heavy atom. The maximum absolute atomic E-state index is 9.35. The van der Waals surface area contributed by atoms with Crippen LogP contribution in [0.3, 0.4) is 0 Å². The predicted octanol–water partition coefficient (Wildman–Crippen LogP) is 1.13. The van der Waals surface area contributed by atoms with Gasteiger partial charge in [-0.15, -0.1) is 0 Å². The molecular weight excluding hydrogens is 142 g/mol. The second kappa shape index (κ2) is 3.09. The molecule has 3 nitrogen and oxygen atoms in total. The van der Waals surface area contributed by atoms with Gasteiger partial charge in [-0.1, -0.05) is 0 Å². The molecule has 0 aromatic heterocycles. The normalized spacial score (nSPS) is 27.8. The fourth-order valence-corrected chi connectivity index (χ4v) is 1.18. The van der Waals surface area contributed by atoms with E-state index in [9.17, 15) is 5.11 Å². The van der Waals surface area contributed by atoms with Crippen molar-refractivity contribution in [2.45, 2.75) is 45.4 Å². The largest absolute Gasteiger partial charge is 0.376 e. The molecule has 1 fully saturated rings. The Morgan fingerprint density at radius 3 is 2.45 bits per heavy atom. The van der Waals surface area contributed by atoms with Gasteiger partial charge in [0, 0.05) is 6.54 Å². The van der Waals surface area contributed by atoms with Gasteiger partial charge in [-0.2, -0.15) is 5.06 Å². The number of aliphatic hydroxyl groups excluding tert-OH is 1. The van der Waals surface area contributed by atoms with Gasteiger partial charge in [-0.25, -0.2) is 0 Å². The van der Waals surface area contributed by atoms with Crippen LogP contribution in [0.4, 0.5) is 0 Å². The van der Waals surface area contributed by atoms with E-state index in [4.69, 9.17) is 4.84 Å². The van der Waals surface area contributed by atoms with Crippen molar-refractivity contribution < 1.29 is 9.94 Å². The van der Waals surface area contributed by atoms with E-state index in [1.54, 1.807) is 5.06 Å². The maximum Gasteiger partial charge on any atom is 0.130 e. The van der Waals surface area contributed by atoms with Gasteiger partial charge in [0.1, 0.15) is 6.23 Å². The highest BCUT2D eigenvalue weighted by Crippen LogP contribution is 2.19. The molecule has 0 amide bonds. The fraction of sp³-hybridized carbons (Fsp3) is 1.00. The molecule has 1 aliphatic rings. The summed E-state index contributed by atoms with van der Waals surface area (Å²) < 4.78 is 0. The van der Waals surface area contributed by atoms with Crippen LogP contribution in [0.25, 0.3) is 0 Å². The first-order chi connectivity index (χ1) is 4.99. The van der Waals surface area contributed by atoms with Crippen LogP contribution in [0.15, 0.2) is 0 Å². The highest BCUT2D eigenvalue weighted by atomic mass is 16.7. The van der Waals surface area contributed by atoms with Gasteiger partial charge in [0.05, 0.1) is 5.60 Å². The lowest BCUT2D eigenvalue weighted by atomic mass is 10.2. The second-order valence-corrected chi connectivity index (χ2v) is 3.97. The number of nitrogens with zero attached hydrogens (tertiary/aromatic N) is 1. The van der Waals surface area contributed by atoms with Crippen LogP contribution in [0.1, 0.15) is 33.6 Å². The average Bonchev–Trinajstić information content (AvgIpc) is 2.12. The molecule has 1 heterocycles. The van der Waals surface area contributed by atoms with E-state index in [-0.39, 0.29) is 5.60 Å². The number of hydrogen-bond donors (Lipinski definition) is 1. The molecule has 0 saturated carbocycles. The van der Waals surface area contributed by atoms with E-state index in [2.05, 4.69) is 0 Å². The summed E-state index contributed by atoms with van der Waals surface area (Å²) in [4.78, 5) is 5.49. The molecule has 1 N–H and O–H groups in total. The number of aliphatic hydroxyl groups is 1. The standard InChI is InChI=1S/C8H17NO2/c1-8(2,3)11-9-6-4-5-7(9)10/h7,10H,4-6H2,1-3H3. The fourth-order valence-electron chi connectivity index (χ4n) is 1.18. The van der Waals surface area contributed by atoms with Crippen LogP contribution in [0, 0.1) is 0 Å². The van der Waals surface area contributed by atoms with Crippen molar-refractivity contribution in [1.29, 1.82) is 0 Å². The Balaban J connectivity index is 2.37. The molecular formula is C8H17NO2. The lowest BCUT2D eigenvalue weighted by Crippen LogP contribution is -2.37. The molecule has 0 aromatic rings. The molecule has 66 valence electrons. The Morgan fingerprint density at radius 2 is 2.09 bits per heavy atom. The van der Waals surface area contributed by atoms with Crippen molar-refractivity contribution >= 4 is 0 Å². The van der Waals surface area contributed by atoms with E-state index in [0.717, 1.165) is 19.4 Å². The lowest BCUT2D eigenvalue weighted by Gasteiger charge is -2.28. The van der Waals surface area contributed by atoms with Crippen LogP contribution in [-0.2, 0) is 4.84 Å². The molecule has 1 atom stereocenters. The molecule has 0 radical (unpaired) electrons. The number of hydroxylamine groups is 2. The molecule has 11 heavy (non-hydrogen) atoms. The molecule has 3 heteroatoms. The highest BCUT2D eigenvalue weighted by Gasteiger charge is 2.26. The van der Waals surface area contributed by atoms with E-state index in [1.165, 1.54) is 0 Å². The van der Waals surface area contributed by atoms with Gasteiger partial charge in [0.15, 0.2) is 0 Å². The summed E-state index contributed by atoms with van der Waals surface area (Å²) >= 11 is 0. The SMILES string of the molecule is CC(C)(C)ON1CCCC1O. The summed E-state index contributed by atoms with van der Waals surface area (Å²) in [6.45, 7) is 6.80. The Labute approximate surface area is 67.9 Å². The summed E-state index contributed by atoms with van der Waals surface area (Å²) in [5, 5.41) is 11.0. The maximum atomic E-state index is 9.35. The smallest absolute Gasteiger partial charge is 0.130 e. The zero-order valence-corrected chi connectivity index (χ0v) is 7.50. The minimum atomic E-state index is -0.394. The minimum Gasteiger partial charge on any atom is -0.376 e. The van der Waals surface area contributed by atoms with Crippen molar-refractivity contribution in [2.75, 3.05) is 6.54 Å². The van der Waals surface area contributed by atoms with E-state index < -0.39 is 6.23 Å². The van der Waals surface area contributed by atoms with Gasteiger partial charge in [0.2, 0.25) is 0 Å². The Bertz CT molecular complexity index is 131. The van der Waals surface area contributed by atoms with E-state index >= 15 is 0 Å². The minimum absolute atomic E-state index is 0.189. The molecule has 0 aromatic carbocycles. The molecule has 1 saturated heterocycles. The van der Waals surface area contributed by atoms with Gasteiger partial charge in [0.25, 0.3) is 0 Å². The van der Waals surface area contributed by atoms with Crippen LogP contribution in [0.5, 0.6) is 0 Å². The van der Waals surface area contributed by atoms with Crippen molar-refractivity contribution in [3.05, 3.63) is 0 Å². The number of rotatable bonds is 1. The molecule has 0 bridgehead atoms. The molecule has 1 aliphatic heterocycles. The lowest BCUT2D eigenvalue weighted by molar-refractivity contribution is -0.271. The Kier molecular flexibility index (Phi) is 2.52. The van der Waals surface area contributed by atoms with Gasteiger partial charge in [-0.05, 0) is 33.6 Å². The molecule has 0 aliphatic carbocycles. The second-order valence-electron chi connectivity index (χ2n) is 3.97. The zero-order chi connectivity index (χ0) is 8.48. The first kappa shape index (κ1) is 8.97. The molecule has 1 unspecified atom stereocenters. The third-order valence-electron chi connectivity index (χ3n) is 1.56. The summed E-state index contributed by atoms with van der Waals surface area (Å²) in [6, 6.07) is 0. The summed E-state index contributed by atoms with van der Waals surface area (Å²) in [6.07, 6.45) is 1.46. The van der Waals surface area contributed by atoms with Crippen LogP contribution in [-0.4, -0.2) is 28.5 Å². The van der Waals surface area contributed by atoms with Crippen LogP contribution >= 0.6 is 0 Å². The van der Waals surface area contributed by atoms with E-state index in [0.29, 0.717) is 0 Å². The van der Waals surface area contributed by atoms with Crippen molar-refractivity contribution in [1.82, 2.24) is 5.06 Å². The summed E-state index contributed by atoms with van der Waals surface area (Å²) in [7, 11) is 0. The first-order valence-electron chi connectivity index (χ1n) is 4.13. The topological polar surface area (TPSA) is 32.7 Å². The van der Waals surface area contributed by atoms with Crippen molar-refractivity contribution in [3.63, 3.8) is 0 Å².